The predicted molar refractivity (Wildman–Crippen MR) is 74.3 cm³/mol. The molecule has 0 atom stereocenters. The topological polar surface area (TPSA) is 37.4 Å². The maximum absolute atomic E-state index is 12.2. The zero-order valence-corrected chi connectivity index (χ0v) is 12.9. The Balaban J connectivity index is 3.02. The maximum Gasteiger partial charge on any atom is 0.243 e. The van der Waals surface area contributed by atoms with E-state index in [1.165, 1.54) is 4.31 Å². The molecule has 0 bridgehead atoms. The van der Waals surface area contributed by atoms with Gasteiger partial charge in [-0.05, 0) is 24.3 Å². The summed E-state index contributed by atoms with van der Waals surface area (Å²) in [5.74, 6) is 0.485. The maximum atomic E-state index is 12.2. The number of sulfonamides is 1. The highest BCUT2D eigenvalue weighted by molar-refractivity contribution is 9.10. The normalized spacial score (nSPS) is 12.0. The van der Waals surface area contributed by atoms with Gasteiger partial charge in [0.15, 0.2) is 0 Å². The van der Waals surface area contributed by atoms with Crippen molar-refractivity contribution in [1.29, 1.82) is 0 Å². The minimum absolute atomic E-state index is 0.243. The van der Waals surface area contributed by atoms with Crippen LogP contribution in [0.5, 0.6) is 0 Å². The van der Waals surface area contributed by atoms with Gasteiger partial charge in [0, 0.05) is 29.3 Å². The second-order valence-corrected chi connectivity index (χ2v) is 6.85. The fourth-order valence-electron chi connectivity index (χ4n) is 1.30. The molecule has 0 spiro atoms. The van der Waals surface area contributed by atoms with E-state index in [2.05, 4.69) is 15.9 Å². The fraction of sp³-hybridized carbons (Fsp3) is 0.400. The molecule has 0 aliphatic rings. The van der Waals surface area contributed by atoms with E-state index in [9.17, 15) is 8.42 Å². The molecule has 0 radical (unpaired) electrons. The number of rotatable bonds is 6. The van der Waals surface area contributed by atoms with E-state index >= 15 is 0 Å². The molecule has 0 saturated carbocycles. The Bertz CT molecular complexity index is 444. The molecule has 7 heteroatoms. The molecule has 0 aromatic heterocycles. The summed E-state index contributed by atoms with van der Waals surface area (Å²) < 4.78 is 26.6. The number of hydrogen-bond donors (Lipinski definition) is 0. The van der Waals surface area contributed by atoms with Crippen molar-refractivity contribution in [2.75, 3.05) is 24.8 Å². The minimum atomic E-state index is -3.50. The summed E-state index contributed by atoms with van der Waals surface area (Å²) in [6.07, 6.45) is 0. The van der Waals surface area contributed by atoms with Gasteiger partial charge in [0.2, 0.25) is 10.0 Å². The summed E-state index contributed by atoms with van der Waals surface area (Å²) in [5, 5.41) is 0. The van der Waals surface area contributed by atoms with E-state index in [-0.39, 0.29) is 29.7 Å². The lowest BCUT2D eigenvalue weighted by atomic mass is 10.4. The number of halogens is 3. The van der Waals surface area contributed by atoms with Crippen LogP contribution in [0.3, 0.4) is 0 Å². The molecule has 0 aliphatic carbocycles. The lowest BCUT2D eigenvalue weighted by Crippen LogP contribution is -2.34. The van der Waals surface area contributed by atoms with Gasteiger partial charge in [0.1, 0.15) is 0 Å². The Morgan fingerprint density at radius 3 is 1.94 bits per heavy atom. The van der Waals surface area contributed by atoms with Crippen LogP contribution >= 0.6 is 39.1 Å². The molecule has 96 valence electrons. The molecular formula is C10H12BrCl2NO2S. The molecule has 0 N–H and O–H groups in total. The van der Waals surface area contributed by atoms with Gasteiger partial charge in [0.05, 0.1) is 4.90 Å². The van der Waals surface area contributed by atoms with E-state index in [0.717, 1.165) is 4.47 Å². The summed E-state index contributed by atoms with van der Waals surface area (Å²) in [6, 6.07) is 6.47. The van der Waals surface area contributed by atoms with Crippen LogP contribution in [0.2, 0.25) is 0 Å². The third kappa shape index (κ3) is 4.10. The number of alkyl halides is 2. The molecule has 0 unspecified atom stereocenters. The average Bonchev–Trinajstić information content (AvgIpc) is 2.29. The summed E-state index contributed by atoms with van der Waals surface area (Å²) in [5.41, 5.74) is 0. The minimum Gasteiger partial charge on any atom is -0.207 e. The Morgan fingerprint density at radius 1 is 1.06 bits per heavy atom. The second-order valence-electron chi connectivity index (χ2n) is 3.24. The van der Waals surface area contributed by atoms with Gasteiger partial charge >= 0.3 is 0 Å². The van der Waals surface area contributed by atoms with Gasteiger partial charge in [0.25, 0.3) is 0 Å². The van der Waals surface area contributed by atoms with Crippen molar-refractivity contribution < 1.29 is 8.42 Å². The first kappa shape index (κ1) is 15.2. The van der Waals surface area contributed by atoms with Crippen molar-refractivity contribution in [2.45, 2.75) is 4.90 Å². The van der Waals surface area contributed by atoms with Crippen molar-refractivity contribution in [1.82, 2.24) is 4.31 Å². The van der Waals surface area contributed by atoms with Gasteiger partial charge in [-0.25, -0.2) is 8.42 Å². The zero-order chi connectivity index (χ0) is 12.9. The van der Waals surface area contributed by atoms with Crippen molar-refractivity contribution in [2.24, 2.45) is 0 Å². The molecule has 0 saturated heterocycles. The van der Waals surface area contributed by atoms with Gasteiger partial charge in [-0.3, -0.25) is 0 Å². The van der Waals surface area contributed by atoms with Crippen molar-refractivity contribution in [3.63, 3.8) is 0 Å². The largest absolute Gasteiger partial charge is 0.243 e. The van der Waals surface area contributed by atoms with Crippen molar-refractivity contribution in [3.05, 3.63) is 28.7 Å². The van der Waals surface area contributed by atoms with Gasteiger partial charge in [-0.2, -0.15) is 4.31 Å². The van der Waals surface area contributed by atoms with Gasteiger partial charge < -0.3 is 0 Å². The quantitative estimate of drug-likeness (QED) is 0.731. The highest BCUT2D eigenvalue weighted by Crippen LogP contribution is 2.18. The van der Waals surface area contributed by atoms with Crippen molar-refractivity contribution in [3.8, 4) is 0 Å². The standard InChI is InChI=1S/C10H12BrCl2NO2S/c11-9-1-3-10(4-2-9)17(15,16)14(7-5-12)8-6-13/h1-4H,5-8H2. The molecule has 1 rings (SSSR count). The molecule has 0 heterocycles. The van der Waals surface area contributed by atoms with Crippen LogP contribution < -0.4 is 0 Å². The summed E-state index contributed by atoms with van der Waals surface area (Å²) >= 11 is 14.4. The van der Waals surface area contributed by atoms with E-state index < -0.39 is 10.0 Å². The van der Waals surface area contributed by atoms with Crippen LogP contribution in [0.25, 0.3) is 0 Å². The third-order valence-corrected chi connectivity index (χ3v) is 4.90. The summed E-state index contributed by atoms with van der Waals surface area (Å²) in [6.45, 7) is 0.513. The Hall–Kier alpha value is 0.190. The van der Waals surface area contributed by atoms with Crippen LogP contribution in [-0.2, 0) is 10.0 Å². The van der Waals surface area contributed by atoms with Crippen LogP contribution in [0.15, 0.2) is 33.6 Å². The zero-order valence-electron chi connectivity index (χ0n) is 8.94. The summed E-state index contributed by atoms with van der Waals surface area (Å²) in [7, 11) is -3.50. The first-order valence-corrected chi connectivity index (χ1v) is 8.20. The van der Waals surface area contributed by atoms with E-state index in [1.54, 1.807) is 24.3 Å². The SMILES string of the molecule is O=S(=O)(c1ccc(Br)cc1)N(CCCl)CCCl. The van der Waals surface area contributed by atoms with Crippen LogP contribution in [0, 0.1) is 0 Å². The third-order valence-electron chi connectivity index (χ3n) is 2.12. The predicted octanol–water partition coefficient (Wildman–Crippen LogP) is 2.92. The Morgan fingerprint density at radius 2 is 1.53 bits per heavy atom. The molecule has 1 aromatic carbocycles. The second kappa shape index (κ2) is 6.95. The van der Waals surface area contributed by atoms with Crippen LogP contribution in [0.4, 0.5) is 0 Å². The Labute approximate surface area is 120 Å². The smallest absolute Gasteiger partial charge is 0.207 e. The number of nitrogens with zero attached hydrogens (tertiary/aromatic N) is 1. The first-order chi connectivity index (χ1) is 8.02. The molecule has 1 aromatic rings. The highest BCUT2D eigenvalue weighted by atomic mass is 79.9. The number of hydrogen-bond acceptors (Lipinski definition) is 2. The average molecular weight is 361 g/mol. The highest BCUT2D eigenvalue weighted by Gasteiger charge is 2.23. The molecule has 3 nitrogen and oxygen atoms in total. The summed E-state index contributed by atoms with van der Waals surface area (Å²) in [4.78, 5) is 0.246. The van der Waals surface area contributed by atoms with Gasteiger partial charge in [-0.15, -0.1) is 23.2 Å². The molecular weight excluding hydrogens is 349 g/mol. The molecule has 0 fully saturated rings. The number of benzene rings is 1. The van der Waals surface area contributed by atoms with Crippen LogP contribution in [0.1, 0.15) is 0 Å². The monoisotopic (exact) mass is 359 g/mol. The van der Waals surface area contributed by atoms with E-state index in [1.807, 2.05) is 0 Å². The van der Waals surface area contributed by atoms with E-state index in [0.29, 0.717) is 0 Å². The van der Waals surface area contributed by atoms with E-state index in [4.69, 9.17) is 23.2 Å². The Kier molecular flexibility index (Phi) is 6.23. The van der Waals surface area contributed by atoms with Gasteiger partial charge in [-0.1, -0.05) is 15.9 Å². The van der Waals surface area contributed by atoms with Crippen molar-refractivity contribution >= 4 is 49.2 Å². The lowest BCUT2D eigenvalue weighted by molar-refractivity contribution is 0.448. The molecule has 17 heavy (non-hydrogen) atoms. The molecule has 0 amide bonds. The first-order valence-electron chi connectivity index (χ1n) is 4.90. The molecule has 0 aliphatic heterocycles. The lowest BCUT2D eigenvalue weighted by Gasteiger charge is -2.20. The fourth-order valence-corrected chi connectivity index (χ4v) is 3.61. The van der Waals surface area contributed by atoms with Crippen LogP contribution in [-0.4, -0.2) is 37.6 Å².